The molecule has 0 bridgehead atoms. The molecule has 1 aliphatic rings. The van der Waals surface area contributed by atoms with Gasteiger partial charge >= 0.3 is 0 Å². The van der Waals surface area contributed by atoms with Crippen LogP contribution in [0.1, 0.15) is 0 Å². The van der Waals surface area contributed by atoms with Crippen molar-refractivity contribution >= 4 is 44.5 Å². The first-order valence-electron chi connectivity index (χ1n) is 14.3. The molecule has 0 saturated heterocycles. The predicted molar refractivity (Wildman–Crippen MR) is 177 cm³/mol. The van der Waals surface area contributed by atoms with Crippen LogP contribution in [0.25, 0.3) is 77.2 Å². The second kappa shape index (κ2) is 9.24. The molecule has 1 aromatic heterocycles. The van der Waals surface area contributed by atoms with Crippen molar-refractivity contribution in [3.05, 3.63) is 146 Å². The summed E-state index contributed by atoms with van der Waals surface area (Å²) in [6.45, 7) is 0. The molecule has 1 aliphatic heterocycles. The Kier molecular flexibility index (Phi) is 5.20. The lowest BCUT2D eigenvalue weighted by atomic mass is 9.91. The Balaban J connectivity index is 1.12. The van der Waals surface area contributed by atoms with Crippen molar-refractivity contribution in [2.24, 2.45) is 0 Å². The van der Waals surface area contributed by atoms with Gasteiger partial charge in [0.15, 0.2) is 0 Å². The number of benzene rings is 7. The Labute approximate surface area is 248 Å². The molecular weight excluding hydrogens is 529 g/mol. The van der Waals surface area contributed by atoms with Gasteiger partial charge in [-0.1, -0.05) is 127 Å². The number of rotatable bonds is 3. The van der Waals surface area contributed by atoms with Crippen molar-refractivity contribution in [3.8, 4) is 44.5 Å². The number of hydrogen-bond acceptors (Lipinski definition) is 2. The summed E-state index contributed by atoms with van der Waals surface area (Å²) in [4.78, 5) is 2.66. The van der Waals surface area contributed by atoms with Gasteiger partial charge in [0.05, 0.1) is 0 Å². The molecule has 196 valence electrons. The van der Waals surface area contributed by atoms with E-state index in [1.54, 1.807) is 0 Å². The van der Waals surface area contributed by atoms with Crippen LogP contribution in [0, 0.1) is 0 Å². The van der Waals surface area contributed by atoms with Crippen LogP contribution < -0.4 is 0 Å². The van der Waals surface area contributed by atoms with Gasteiger partial charge in [0.1, 0.15) is 11.2 Å². The van der Waals surface area contributed by atoms with E-state index in [0.29, 0.717) is 0 Å². The average molecular weight is 553 g/mol. The Bertz CT molecular complexity index is 2320. The summed E-state index contributed by atoms with van der Waals surface area (Å²) in [6, 6.07) is 52.5. The molecule has 2 heteroatoms. The van der Waals surface area contributed by atoms with Crippen LogP contribution >= 0.6 is 11.8 Å². The third-order valence-corrected chi connectivity index (χ3v) is 9.64. The van der Waals surface area contributed by atoms with Crippen LogP contribution in [0.15, 0.2) is 160 Å². The molecule has 0 unspecified atom stereocenters. The van der Waals surface area contributed by atoms with Gasteiger partial charge in [-0.2, -0.15) is 0 Å². The van der Waals surface area contributed by atoms with E-state index >= 15 is 0 Å². The lowest BCUT2D eigenvalue weighted by Crippen LogP contribution is -1.94. The molecule has 1 nitrogen and oxygen atoms in total. The van der Waals surface area contributed by atoms with E-state index in [2.05, 4.69) is 133 Å². The zero-order valence-electron chi connectivity index (χ0n) is 22.7. The number of para-hydroxylation sites is 1. The Morgan fingerprint density at radius 3 is 2.00 bits per heavy atom. The van der Waals surface area contributed by atoms with Gasteiger partial charge in [0, 0.05) is 25.9 Å². The highest BCUT2D eigenvalue weighted by Gasteiger charge is 2.20. The summed E-state index contributed by atoms with van der Waals surface area (Å²) in [5.41, 5.74) is 11.8. The Morgan fingerprint density at radius 1 is 0.357 bits per heavy atom. The second-order valence-electron chi connectivity index (χ2n) is 10.9. The van der Waals surface area contributed by atoms with Gasteiger partial charge in [0.2, 0.25) is 0 Å². The minimum Gasteiger partial charge on any atom is -0.456 e. The van der Waals surface area contributed by atoms with E-state index in [1.807, 2.05) is 23.9 Å². The molecule has 42 heavy (non-hydrogen) atoms. The van der Waals surface area contributed by atoms with Crippen LogP contribution in [0.3, 0.4) is 0 Å². The monoisotopic (exact) mass is 552 g/mol. The summed E-state index contributed by atoms with van der Waals surface area (Å²) in [6.07, 6.45) is 0. The van der Waals surface area contributed by atoms with E-state index in [0.717, 1.165) is 16.6 Å². The highest BCUT2D eigenvalue weighted by atomic mass is 32.2. The van der Waals surface area contributed by atoms with Gasteiger partial charge in [0.25, 0.3) is 0 Å². The van der Waals surface area contributed by atoms with Crippen LogP contribution in [0.2, 0.25) is 0 Å². The summed E-state index contributed by atoms with van der Waals surface area (Å²) in [7, 11) is 0. The molecule has 0 saturated carbocycles. The van der Waals surface area contributed by atoms with E-state index in [4.69, 9.17) is 4.42 Å². The maximum Gasteiger partial charge on any atom is 0.136 e. The quantitative estimate of drug-likeness (QED) is 0.216. The molecule has 0 amide bonds. The maximum atomic E-state index is 6.13. The van der Waals surface area contributed by atoms with Crippen molar-refractivity contribution in [1.29, 1.82) is 0 Å². The molecule has 8 aromatic rings. The normalized spacial score (nSPS) is 12.2. The first-order chi connectivity index (χ1) is 20.8. The molecular formula is C40H24OS. The van der Waals surface area contributed by atoms with E-state index < -0.39 is 0 Å². The number of hydrogen-bond donors (Lipinski definition) is 0. The molecule has 0 fully saturated rings. The Morgan fingerprint density at radius 2 is 1.05 bits per heavy atom. The van der Waals surface area contributed by atoms with Crippen molar-refractivity contribution in [3.63, 3.8) is 0 Å². The van der Waals surface area contributed by atoms with E-state index in [1.165, 1.54) is 70.5 Å². The van der Waals surface area contributed by atoms with Crippen LogP contribution in [0.4, 0.5) is 0 Å². The van der Waals surface area contributed by atoms with E-state index in [-0.39, 0.29) is 0 Å². The highest BCUT2D eigenvalue weighted by molar-refractivity contribution is 7.99. The van der Waals surface area contributed by atoms with Crippen molar-refractivity contribution in [1.82, 2.24) is 0 Å². The first-order valence-corrected chi connectivity index (χ1v) is 15.1. The average Bonchev–Trinajstić information content (AvgIpc) is 3.44. The lowest BCUT2D eigenvalue weighted by Gasteiger charge is -2.21. The molecule has 0 spiro atoms. The molecule has 9 rings (SSSR count). The minimum absolute atomic E-state index is 0.924. The molecule has 7 aromatic carbocycles. The molecule has 0 radical (unpaired) electrons. The number of furan rings is 1. The first kappa shape index (κ1) is 23.6. The molecule has 0 atom stereocenters. The zero-order valence-corrected chi connectivity index (χ0v) is 23.5. The topological polar surface area (TPSA) is 13.1 Å². The molecule has 2 heterocycles. The standard InChI is InChI=1S/C40H24OS/c1-3-15-35-34(11-1)39-30(12-7-16-36(39)41-35)26-20-18-25(19-21-26)27-8-5-9-28(24-27)29-22-23-38-40-32(29)13-6-14-33(40)31-10-2-4-17-37(31)42-38/h1-24H. The fraction of sp³-hybridized carbons (Fsp3) is 0. The van der Waals surface area contributed by atoms with Gasteiger partial charge in [-0.3, -0.25) is 0 Å². The fourth-order valence-corrected chi connectivity index (χ4v) is 7.69. The van der Waals surface area contributed by atoms with Crippen molar-refractivity contribution in [2.45, 2.75) is 9.79 Å². The fourth-order valence-electron chi connectivity index (χ4n) is 6.56. The third kappa shape index (κ3) is 3.59. The van der Waals surface area contributed by atoms with Crippen LogP contribution in [-0.2, 0) is 0 Å². The molecule has 0 aliphatic carbocycles. The van der Waals surface area contributed by atoms with Crippen LogP contribution in [0.5, 0.6) is 0 Å². The summed E-state index contributed by atoms with van der Waals surface area (Å²) in [5, 5.41) is 4.99. The van der Waals surface area contributed by atoms with Gasteiger partial charge in [-0.05, 0) is 80.2 Å². The SMILES string of the molecule is c1cc(-c2ccc(-c3cccc4oc5ccccc5c34)cc2)cc(-c2ccc3c4c(cccc24)-c2ccccc2S3)c1. The highest BCUT2D eigenvalue weighted by Crippen LogP contribution is 2.49. The van der Waals surface area contributed by atoms with Crippen LogP contribution in [-0.4, -0.2) is 0 Å². The Hall–Kier alpha value is -5.05. The smallest absolute Gasteiger partial charge is 0.136 e. The third-order valence-electron chi connectivity index (χ3n) is 8.50. The van der Waals surface area contributed by atoms with Gasteiger partial charge in [-0.25, -0.2) is 0 Å². The van der Waals surface area contributed by atoms with Crippen molar-refractivity contribution < 1.29 is 4.42 Å². The zero-order chi connectivity index (χ0) is 27.6. The maximum absolute atomic E-state index is 6.13. The summed E-state index contributed by atoms with van der Waals surface area (Å²) in [5.74, 6) is 0. The van der Waals surface area contributed by atoms with Gasteiger partial charge in [-0.15, -0.1) is 0 Å². The van der Waals surface area contributed by atoms with Gasteiger partial charge < -0.3 is 4.42 Å². The lowest BCUT2D eigenvalue weighted by molar-refractivity contribution is 0.669. The second-order valence-corrected chi connectivity index (χ2v) is 12.0. The summed E-state index contributed by atoms with van der Waals surface area (Å²) < 4.78 is 6.13. The molecule has 0 N–H and O–H groups in total. The van der Waals surface area contributed by atoms with E-state index in [9.17, 15) is 0 Å². The minimum atomic E-state index is 0.924. The van der Waals surface area contributed by atoms with Crippen molar-refractivity contribution in [2.75, 3.05) is 0 Å². The predicted octanol–water partition coefficient (Wildman–Crippen LogP) is 11.9. The summed E-state index contributed by atoms with van der Waals surface area (Å²) >= 11 is 1.87. The largest absolute Gasteiger partial charge is 0.456 e. The number of fused-ring (bicyclic) bond motifs is 5.